The van der Waals surface area contributed by atoms with Gasteiger partial charge in [0.25, 0.3) is 0 Å². The number of amides is 1. The molecule has 0 spiro atoms. The maximum atomic E-state index is 12.8. The van der Waals surface area contributed by atoms with Crippen molar-refractivity contribution in [1.82, 2.24) is 4.90 Å². The smallest absolute Gasteiger partial charge is 0.338 e. The summed E-state index contributed by atoms with van der Waals surface area (Å²) < 4.78 is 10.8. The second kappa shape index (κ2) is 8.82. The summed E-state index contributed by atoms with van der Waals surface area (Å²) in [6.07, 6.45) is 3.31. The van der Waals surface area contributed by atoms with Gasteiger partial charge in [0.05, 0.1) is 36.3 Å². The number of amidine groups is 1. The molecule has 1 saturated heterocycles. The van der Waals surface area contributed by atoms with Gasteiger partial charge in [-0.3, -0.25) is 9.69 Å². The van der Waals surface area contributed by atoms with Gasteiger partial charge in [0.15, 0.2) is 5.17 Å². The van der Waals surface area contributed by atoms with Crippen molar-refractivity contribution < 1.29 is 19.1 Å². The van der Waals surface area contributed by atoms with Crippen LogP contribution in [0.4, 0.5) is 0 Å². The highest BCUT2D eigenvalue weighted by Crippen LogP contribution is 2.43. The van der Waals surface area contributed by atoms with Crippen LogP contribution in [0.5, 0.6) is 5.75 Å². The van der Waals surface area contributed by atoms with E-state index in [4.69, 9.17) is 9.47 Å². The van der Waals surface area contributed by atoms with E-state index in [0.717, 1.165) is 30.6 Å². The average Bonchev–Trinajstić information content (AvgIpc) is 2.97. The highest BCUT2D eigenvalue weighted by atomic mass is 32.2. The van der Waals surface area contributed by atoms with Gasteiger partial charge in [-0.2, -0.15) is 0 Å². The van der Waals surface area contributed by atoms with Crippen LogP contribution in [0.3, 0.4) is 0 Å². The molecule has 7 heteroatoms. The number of ether oxygens (including phenoxy) is 2. The van der Waals surface area contributed by atoms with Crippen LogP contribution in [-0.4, -0.2) is 40.9 Å². The molecule has 0 bridgehead atoms. The number of hydrogen-bond acceptors (Lipinski definition) is 6. The fourth-order valence-electron chi connectivity index (χ4n) is 3.38. The van der Waals surface area contributed by atoms with Crippen molar-refractivity contribution in [2.24, 2.45) is 4.99 Å². The van der Waals surface area contributed by atoms with Crippen LogP contribution in [0.2, 0.25) is 0 Å². The first-order valence-corrected chi connectivity index (χ1v) is 10.5. The van der Waals surface area contributed by atoms with Crippen molar-refractivity contribution in [3.63, 3.8) is 0 Å². The Morgan fingerprint density at radius 2 is 1.96 bits per heavy atom. The molecule has 1 aromatic rings. The van der Waals surface area contributed by atoms with Crippen molar-refractivity contribution in [2.75, 3.05) is 13.7 Å². The first kappa shape index (κ1) is 20.5. The standard InChI is InChI=1S/C21H26N2O4S/c1-5-6-7-12-27-16-10-8-15(9-11-16)18-17(20(25)26-4)13(2)22-21-23(18)19(24)14(3)28-21/h8-11,14,18H,5-7,12H2,1-4H3/t14-,18-/m0/s1. The van der Waals surface area contributed by atoms with E-state index < -0.39 is 12.0 Å². The molecule has 3 rings (SSSR count). The Morgan fingerprint density at radius 1 is 1.25 bits per heavy atom. The number of aliphatic imine (C=N–C) groups is 1. The monoisotopic (exact) mass is 402 g/mol. The quantitative estimate of drug-likeness (QED) is 0.508. The summed E-state index contributed by atoms with van der Waals surface area (Å²) in [7, 11) is 1.34. The minimum absolute atomic E-state index is 0.0532. The molecule has 0 radical (unpaired) electrons. The molecule has 0 aliphatic carbocycles. The van der Waals surface area contributed by atoms with Crippen molar-refractivity contribution in [3.8, 4) is 5.75 Å². The predicted octanol–water partition coefficient (Wildman–Crippen LogP) is 4.08. The zero-order valence-corrected chi connectivity index (χ0v) is 17.5. The van der Waals surface area contributed by atoms with E-state index in [1.807, 2.05) is 31.2 Å². The van der Waals surface area contributed by atoms with Gasteiger partial charge < -0.3 is 9.47 Å². The molecule has 1 fully saturated rings. The van der Waals surface area contributed by atoms with Gasteiger partial charge in [0.2, 0.25) is 5.91 Å². The first-order chi connectivity index (χ1) is 13.5. The first-order valence-electron chi connectivity index (χ1n) is 9.58. The van der Waals surface area contributed by atoms with E-state index >= 15 is 0 Å². The lowest BCUT2D eigenvalue weighted by Gasteiger charge is -2.32. The molecule has 0 saturated carbocycles. The molecule has 2 atom stereocenters. The van der Waals surface area contributed by atoms with Crippen LogP contribution in [0, 0.1) is 0 Å². The molecule has 2 heterocycles. The number of esters is 1. The molecule has 28 heavy (non-hydrogen) atoms. The van der Waals surface area contributed by atoms with Gasteiger partial charge in [-0.25, -0.2) is 9.79 Å². The fourth-order valence-corrected chi connectivity index (χ4v) is 4.41. The third-order valence-electron chi connectivity index (χ3n) is 4.88. The number of nitrogens with zero attached hydrogens (tertiary/aromatic N) is 2. The largest absolute Gasteiger partial charge is 0.494 e. The van der Waals surface area contributed by atoms with E-state index in [-0.39, 0.29) is 11.2 Å². The summed E-state index contributed by atoms with van der Waals surface area (Å²) in [5, 5.41) is 0.403. The molecule has 0 N–H and O–H groups in total. The Labute approximate surface area is 170 Å². The van der Waals surface area contributed by atoms with Gasteiger partial charge >= 0.3 is 5.97 Å². The van der Waals surface area contributed by atoms with Crippen LogP contribution in [0.1, 0.15) is 51.6 Å². The number of allylic oxidation sites excluding steroid dienone is 1. The molecule has 2 aliphatic rings. The normalized spacial score (nSPS) is 21.5. The van der Waals surface area contributed by atoms with Gasteiger partial charge in [0.1, 0.15) is 5.75 Å². The maximum Gasteiger partial charge on any atom is 0.338 e. The molecular formula is C21H26N2O4S. The second-order valence-corrected chi connectivity index (χ2v) is 8.19. The topological polar surface area (TPSA) is 68.2 Å². The third-order valence-corrected chi connectivity index (χ3v) is 5.93. The van der Waals surface area contributed by atoms with Crippen LogP contribution < -0.4 is 4.74 Å². The number of methoxy groups -OCH3 is 1. The predicted molar refractivity (Wildman–Crippen MR) is 110 cm³/mol. The second-order valence-electron chi connectivity index (χ2n) is 6.88. The summed E-state index contributed by atoms with van der Waals surface area (Å²) >= 11 is 1.42. The van der Waals surface area contributed by atoms with Gasteiger partial charge in [0, 0.05) is 0 Å². The Hall–Kier alpha value is -2.28. The van der Waals surface area contributed by atoms with Crippen LogP contribution in [-0.2, 0) is 14.3 Å². The molecule has 2 aliphatic heterocycles. The number of carbonyl (C=O) groups excluding carboxylic acids is 2. The number of benzene rings is 1. The van der Waals surface area contributed by atoms with E-state index in [1.54, 1.807) is 11.8 Å². The Bertz CT molecular complexity index is 816. The molecule has 6 nitrogen and oxygen atoms in total. The van der Waals surface area contributed by atoms with Crippen LogP contribution >= 0.6 is 11.8 Å². The van der Waals surface area contributed by atoms with Crippen LogP contribution in [0.25, 0.3) is 0 Å². The van der Waals surface area contributed by atoms with Gasteiger partial charge in [-0.15, -0.1) is 0 Å². The van der Waals surface area contributed by atoms with Crippen molar-refractivity contribution in [2.45, 2.75) is 51.3 Å². The van der Waals surface area contributed by atoms with E-state index in [2.05, 4.69) is 11.9 Å². The fraction of sp³-hybridized carbons (Fsp3) is 0.476. The van der Waals surface area contributed by atoms with E-state index in [9.17, 15) is 9.59 Å². The van der Waals surface area contributed by atoms with Crippen molar-refractivity contribution in [1.29, 1.82) is 0 Å². The lowest BCUT2D eigenvalue weighted by Crippen LogP contribution is -2.40. The van der Waals surface area contributed by atoms with Gasteiger partial charge in [-0.05, 0) is 38.0 Å². The minimum atomic E-state index is -0.543. The van der Waals surface area contributed by atoms with Gasteiger partial charge in [-0.1, -0.05) is 43.7 Å². The molecule has 0 aromatic heterocycles. The Kier molecular flexibility index (Phi) is 6.44. The Balaban J connectivity index is 1.91. The molecule has 1 amide bonds. The summed E-state index contributed by atoms with van der Waals surface area (Å²) in [6, 6.07) is 7.03. The number of carbonyl (C=O) groups is 2. The molecule has 0 unspecified atom stereocenters. The van der Waals surface area contributed by atoms with E-state index in [0.29, 0.717) is 23.0 Å². The number of rotatable bonds is 7. The summed E-state index contributed by atoms with van der Waals surface area (Å²) in [6.45, 7) is 6.47. The highest BCUT2D eigenvalue weighted by molar-refractivity contribution is 8.15. The number of fused-ring (bicyclic) bond motifs is 1. The van der Waals surface area contributed by atoms with Crippen molar-refractivity contribution >= 4 is 28.8 Å². The minimum Gasteiger partial charge on any atom is -0.494 e. The zero-order valence-electron chi connectivity index (χ0n) is 16.7. The molecule has 150 valence electrons. The third kappa shape index (κ3) is 3.94. The maximum absolute atomic E-state index is 12.8. The summed E-state index contributed by atoms with van der Waals surface area (Å²) in [4.78, 5) is 31.4. The number of thioether (sulfide) groups is 1. The number of unbranched alkanes of at least 4 members (excludes halogenated alkanes) is 2. The lowest BCUT2D eigenvalue weighted by molar-refractivity contribution is -0.137. The molecular weight excluding hydrogens is 376 g/mol. The van der Waals surface area contributed by atoms with Crippen molar-refractivity contribution in [3.05, 3.63) is 41.1 Å². The lowest BCUT2D eigenvalue weighted by atomic mass is 9.94. The average molecular weight is 403 g/mol. The SMILES string of the molecule is CCCCCOc1ccc([C@H]2C(C(=O)OC)=C(C)N=C3S[C@@H](C)C(=O)N32)cc1. The highest BCUT2D eigenvalue weighted by Gasteiger charge is 2.46. The number of hydrogen-bond donors (Lipinski definition) is 0. The Morgan fingerprint density at radius 3 is 2.61 bits per heavy atom. The summed E-state index contributed by atoms with van der Waals surface area (Å²) in [5.74, 6) is 0.255. The van der Waals surface area contributed by atoms with E-state index in [1.165, 1.54) is 18.9 Å². The summed E-state index contributed by atoms with van der Waals surface area (Å²) in [5.41, 5.74) is 1.81. The van der Waals surface area contributed by atoms with Crippen LogP contribution in [0.15, 0.2) is 40.5 Å². The zero-order chi connectivity index (χ0) is 20.3. The molecule has 1 aromatic carbocycles.